The van der Waals surface area contributed by atoms with Gasteiger partial charge in [-0.05, 0) is 67.3 Å². The molecule has 34 heavy (non-hydrogen) atoms. The van der Waals surface area contributed by atoms with Crippen molar-refractivity contribution in [1.29, 1.82) is 0 Å². The number of fused-ring (bicyclic) bond motifs is 1. The van der Waals surface area contributed by atoms with Gasteiger partial charge in [0.25, 0.3) is 0 Å². The average molecular weight is 454 g/mol. The molecule has 1 amide bonds. The number of nitrogens with one attached hydrogen (secondary N) is 1. The fourth-order valence-electron chi connectivity index (χ4n) is 4.46. The lowest BCUT2D eigenvalue weighted by atomic mass is 9.98. The van der Waals surface area contributed by atoms with Crippen LogP contribution in [0.25, 0.3) is 28.2 Å². The first-order chi connectivity index (χ1) is 16.3. The highest BCUT2D eigenvalue weighted by Gasteiger charge is 2.28. The molecule has 0 aliphatic heterocycles. The summed E-state index contributed by atoms with van der Waals surface area (Å²) < 4.78 is 2.11. The van der Waals surface area contributed by atoms with Crippen molar-refractivity contribution in [2.75, 3.05) is 11.9 Å². The molecular formula is C28H31N5O. The molecule has 4 aromatic rings. The van der Waals surface area contributed by atoms with Crippen molar-refractivity contribution in [3.05, 3.63) is 71.0 Å². The highest BCUT2D eigenvalue weighted by atomic mass is 16.1. The predicted octanol–water partition coefficient (Wildman–Crippen LogP) is 5.72. The maximum absolute atomic E-state index is 12.0. The van der Waals surface area contributed by atoms with Gasteiger partial charge in [0.15, 0.2) is 11.5 Å². The van der Waals surface area contributed by atoms with E-state index in [0.717, 1.165) is 58.9 Å². The van der Waals surface area contributed by atoms with Gasteiger partial charge in [-0.3, -0.25) is 9.20 Å². The summed E-state index contributed by atoms with van der Waals surface area (Å²) in [5.74, 6) is 1.29. The standard InChI is InChI=1S/C28H31N5O/c1-16(2)13-30-27-28-31-14-25(20-10-11-22(26(29)34)23(12-20)19-8-9-19)33(28)15-24(32-27)21-7-5-6-17(3)18(21)4/h5-7,10-12,14-16,19H,8-9,13H2,1-4H3,(H2,29,34)(H,30,32). The summed E-state index contributed by atoms with van der Waals surface area (Å²) in [6.07, 6.45) is 6.15. The highest BCUT2D eigenvalue weighted by molar-refractivity contribution is 5.95. The zero-order valence-electron chi connectivity index (χ0n) is 20.2. The van der Waals surface area contributed by atoms with Crippen LogP contribution < -0.4 is 11.1 Å². The predicted molar refractivity (Wildman–Crippen MR) is 137 cm³/mol. The Morgan fingerprint density at radius 2 is 2.00 bits per heavy atom. The van der Waals surface area contributed by atoms with Crippen molar-refractivity contribution in [3.8, 4) is 22.5 Å². The lowest BCUT2D eigenvalue weighted by Crippen LogP contribution is -2.13. The maximum atomic E-state index is 12.0. The van der Waals surface area contributed by atoms with Crippen LogP contribution in [0.15, 0.2) is 48.8 Å². The van der Waals surface area contributed by atoms with Crippen molar-refractivity contribution in [3.63, 3.8) is 0 Å². The molecule has 0 saturated heterocycles. The highest BCUT2D eigenvalue weighted by Crippen LogP contribution is 2.43. The molecule has 2 aromatic heterocycles. The van der Waals surface area contributed by atoms with Gasteiger partial charge in [0.2, 0.25) is 5.91 Å². The van der Waals surface area contributed by atoms with Crippen LogP contribution in [0.3, 0.4) is 0 Å². The van der Waals surface area contributed by atoms with Gasteiger partial charge in [0.05, 0.1) is 17.6 Å². The van der Waals surface area contributed by atoms with E-state index in [9.17, 15) is 4.79 Å². The average Bonchev–Trinajstić information content (AvgIpc) is 3.57. The number of carbonyl (C=O) groups excluding carboxylic acids is 1. The number of benzene rings is 2. The number of nitrogens with zero attached hydrogens (tertiary/aromatic N) is 3. The van der Waals surface area contributed by atoms with Gasteiger partial charge in [-0.1, -0.05) is 38.1 Å². The minimum absolute atomic E-state index is 0.367. The number of aryl methyl sites for hydroxylation is 1. The Morgan fingerprint density at radius 1 is 1.21 bits per heavy atom. The largest absolute Gasteiger partial charge is 0.367 e. The van der Waals surface area contributed by atoms with Gasteiger partial charge in [0, 0.05) is 29.4 Å². The van der Waals surface area contributed by atoms with Gasteiger partial charge in [-0.2, -0.15) is 0 Å². The number of rotatable bonds is 7. The van der Waals surface area contributed by atoms with E-state index in [1.54, 1.807) is 0 Å². The molecule has 5 rings (SSSR count). The molecule has 1 aliphatic carbocycles. The molecule has 6 nitrogen and oxygen atoms in total. The van der Waals surface area contributed by atoms with Crippen molar-refractivity contribution >= 4 is 17.4 Å². The van der Waals surface area contributed by atoms with Crippen LogP contribution in [-0.4, -0.2) is 26.8 Å². The van der Waals surface area contributed by atoms with Crippen molar-refractivity contribution in [2.24, 2.45) is 11.7 Å². The summed E-state index contributed by atoms with van der Waals surface area (Å²) in [4.78, 5) is 21.7. The lowest BCUT2D eigenvalue weighted by molar-refractivity contribution is 0.0999. The van der Waals surface area contributed by atoms with Gasteiger partial charge < -0.3 is 11.1 Å². The Bertz CT molecular complexity index is 1400. The van der Waals surface area contributed by atoms with E-state index < -0.39 is 0 Å². The van der Waals surface area contributed by atoms with Crippen molar-refractivity contribution in [1.82, 2.24) is 14.4 Å². The van der Waals surface area contributed by atoms with E-state index in [0.29, 0.717) is 17.4 Å². The number of imidazole rings is 1. The quantitative estimate of drug-likeness (QED) is 0.374. The topological polar surface area (TPSA) is 85.3 Å². The van der Waals surface area contributed by atoms with Crippen LogP contribution in [0.5, 0.6) is 0 Å². The first kappa shape index (κ1) is 22.1. The van der Waals surface area contributed by atoms with Crippen LogP contribution >= 0.6 is 0 Å². The number of amides is 1. The second kappa shape index (κ2) is 8.60. The summed E-state index contributed by atoms with van der Waals surface area (Å²) in [6.45, 7) is 9.42. The molecule has 0 bridgehead atoms. The van der Waals surface area contributed by atoms with Crippen LogP contribution in [-0.2, 0) is 0 Å². The van der Waals surface area contributed by atoms with Crippen LogP contribution in [0, 0.1) is 19.8 Å². The summed E-state index contributed by atoms with van der Waals surface area (Å²) >= 11 is 0. The first-order valence-corrected chi connectivity index (χ1v) is 12.0. The summed E-state index contributed by atoms with van der Waals surface area (Å²) in [7, 11) is 0. The fraction of sp³-hybridized carbons (Fsp3) is 0.321. The molecule has 2 heterocycles. The molecular weight excluding hydrogens is 422 g/mol. The Labute approximate surface area is 200 Å². The number of anilines is 1. The van der Waals surface area contributed by atoms with E-state index in [2.05, 4.69) is 67.9 Å². The second-order valence-corrected chi connectivity index (χ2v) is 9.77. The van der Waals surface area contributed by atoms with Crippen LogP contribution in [0.2, 0.25) is 0 Å². The molecule has 174 valence electrons. The van der Waals surface area contributed by atoms with E-state index in [1.807, 2.05) is 18.3 Å². The molecule has 2 aromatic carbocycles. The molecule has 0 radical (unpaired) electrons. The molecule has 1 aliphatic rings. The van der Waals surface area contributed by atoms with Gasteiger partial charge >= 0.3 is 0 Å². The molecule has 1 saturated carbocycles. The normalized spacial score (nSPS) is 13.6. The monoisotopic (exact) mass is 453 g/mol. The second-order valence-electron chi connectivity index (χ2n) is 9.77. The van der Waals surface area contributed by atoms with Crippen molar-refractivity contribution in [2.45, 2.75) is 46.5 Å². The summed E-state index contributed by atoms with van der Waals surface area (Å²) in [5, 5.41) is 3.50. The number of primary amides is 1. The third-order valence-corrected chi connectivity index (χ3v) is 6.68. The molecule has 6 heteroatoms. The smallest absolute Gasteiger partial charge is 0.248 e. The fourth-order valence-corrected chi connectivity index (χ4v) is 4.46. The molecule has 0 atom stereocenters. The minimum atomic E-state index is -0.367. The van der Waals surface area contributed by atoms with E-state index in [1.165, 1.54) is 11.1 Å². The number of hydrogen-bond donors (Lipinski definition) is 2. The first-order valence-electron chi connectivity index (χ1n) is 12.0. The SMILES string of the molecule is Cc1cccc(-c2cn3c(-c4ccc(C(N)=O)c(C5CC5)c4)cnc3c(NCC(C)C)n2)c1C. The van der Waals surface area contributed by atoms with E-state index >= 15 is 0 Å². The van der Waals surface area contributed by atoms with Crippen molar-refractivity contribution < 1.29 is 4.79 Å². The van der Waals surface area contributed by atoms with Gasteiger partial charge in [-0.25, -0.2) is 9.97 Å². The van der Waals surface area contributed by atoms with Crippen LogP contribution in [0.4, 0.5) is 5.82 Å². The minimum Gasteiger partial charge on any atom is -0.367 e. The number of nitrogens with two attached hydrogens (primary N) is 1. The van der Waals surface area contributed by atoms with E-state index in [-0.39, 0.29) is 5.91 Å². The van der Waals surface area contributed by atoms with E-state index in [4.69, 9.17) is 15.7 Å². The zero-order chi connectivity index (χ0) is 24.0. The van der Waals surface area contributed by atoms with Gasteiger partial charge in [0.1, 0.15) is 0 Å². The molecule has 3 N–H and O–H groups in total. The molecule has 0 unspecified atom stereocenters. The Balaban J connectivity index is 1.70. The Hall–Kier alpha value is -3.67. The lowest BCUT2D eigenvalue weighted by Gasteiger charge is -2.15. The Kier molecular flexibility index (Phi) is 5.60. The number of hydrogen-bond acceptors (Lipinski definition) is 4. The number of carbonyl (C=O) groups is 1. The molecule has 0 spiro atoms. The third-order valence-electron chi connectivity index (χ3n) is 6.68. The van der Waals surface area contributed by atoms with Crippen LogP contribution in [0.1, 0.15) is 59.7 Å². The maximum Gasteiger partial charge on any atom is 0.248 e. The number of aromatic nitrogens is 3. The Morgan fingerprint density at radius 3 is 2.71 bits per heavy atom. The molecule has 1 fully saturated rings. The third kappa shape index (κ3) is 4.04. The zero-order valence-corrected chi connectivity index (χ0v) is 20.2. The summed E-state index contributed by atoms with van der Waals surface area (Å²) in [5.41, 5.74) is 14.6. The van der Waals surface area contributed by atoms with Gasteiger partial charge in [-0.15, -0.1) is 0 Å². The summed E-state index contributed by atoms with van der Waals surface area (Å²) in [6, 6.07) is 12.2.